The number of aliphatic imine (C=N–C) groups is 1. The molecule has 1 unspecified atom stereocenters. The van der Waals surface area contributed by atoms with Crippen molar-refractivity contribution in [3.8, 4) is 11.5 Å². The van der Waals surface area contributed by atoms with Gasteiger partial charge in [-0.15, -0.1) is 24.0 Å². The minimum Gasteiger partial charge on any atom is -0.493 e. The van der Waals surface area contributed by atoms with Gasteiger partial charge in [0.15, 0.2) is 17.5 Å². The Balaban J connectivity index is 0.00000364. The van der Waals surface area contributed by atoms with E-state index in [1.165, 1.54) is 12.8 Å². The Morgan fingerprint density at radius 1 is 1.22 bits per heavy atom. The molecule has 1 aliphatic carbocycles. The fourth-order valence-electron chi connectivity index (χ4n) is 3.11. The third-order valence-corrected chi connectivity index (χ3v) is 4.39. The van der Waals surface area contributed by atoms with E-state index in [9.17, 15) is 0 Å². The van der Waals surface area contributed by atoms with Crippen molar-refractivity contribution in [2.45, 2.75) is 58.2 Å². The maximum Gasteiger partial charge on any atom is 0.191 e. The molecule has 0 aliphatic heterocycles. The lowest BCUT2D eigenvalue weighted by Gasteiger charge is -2.18. The van der Waals surface area contributed by atoms with Crippen molar-refractivity contribution in [3.05, 3.63) is 23.8 Å². The molecule has 0 amide bonds. The van der Waals surface area contributed by atoms with Gasteiger partial charge in [0.05, 0.1) is 26.4 Å². The topological polar surface area (TPSA) is 64.1 Å². The van der Waals surface area contributed by atoms with Crippen molar-refractivity contribution in [2.24, 2.45) is 4.99 Å². The van der Waals surface area contributed by atoms with Crippen LogP contribution >= 0.6 is 24.0 Å². The zero-order valence-corrected chi connectivity index (χ0v) is 19.2. The van der Waals surface area contributed by atoms with E-state index in [1.54, 1.807) is 14.2 Å². The number of hydrogen-bond donors (Lipinski definition) is 2. The summed E-state index contributed by atoms with van der Waals surface area (Å²) >= 11 is 0. The molecule has 27 heavy (non-hydrogen) atoms. The number of guanidine groups is 1. The Morgan fingerprint density at radius 2 is 1.96 bits per heavy atom. The molecule has 2 N–H and O–H groups in total. The molecule has 1 atom stereocenters. The minimum atomic E-state index is 0. The molecule has 0 spiro atoms. The van der Waals surface area contributed by atoms with Crippen molar-refractivity contribution in [1.82, 2.24) is 10.6 Å². The second-order valence-electron chi connectivity index (χ2n) is 6.71. The number of halogens is 1. The SMILES string of the molecule is CCNC(=NCc1ccc(OC)c(OC2CCCC2)c1)NC(C)COC.I. The van der Waals surface area contributed by atoms with Crippen LogP contribution in [0.5, 0.6) is 11.5 Å². The molecule has 1 saturated carbocycles. The van der Waals surface area contributed by atoms with E-state index in [0.29, 0.717) is 19.3 Å². The molecule has 7 heteroatoms. The van der Waals surface area contributed by atoms with Crippen molar-refractivity contribution >= 4 is 29.9 Å². The van der Waals surface area contributed by atoms with Crippen LogP contribution in [0.4, 0.5) is 0 Å². The lowest BCUT2D eigenvalue weighted by atomic mass is 10.2. The molecular weight excluding hydrogens is 457 g/mol. The zero-order chi connectivity index (χ0) is 18.8. The molecule has 0 radical (unpaired) electrons. The molecular formula is C20H34IN3O3. The van der Waals surface area contributed by atoms with Gasteiger partial charge >= 0.3 is 0 Å². The highest BCUT2D eigenvalue weighted by molar-refractivity contribution is 14.0. The van der Waals surface area contributed by atoms with Crippen LogP contribution in [0.25, 0.3) is 0 Å². The smallest absolute Gasteiger partial charge is 0.191 e. The van der Waals surface area contributed by atoms with E-state index in [0.717, 1.165) is 42.4 Å². The monoisotopic (exact) mass is 491 g/mol. The number of nitrogens with zero attached hydrogens (tertiary/aromatic N) is 1. The van der Waals surface area contributed by atoms with Gasteiger partial charge in [-0.05, 0) is 57.2 Å². The maximum atomic E-state index is 6.17. The third kappa shape index (κ3) is 8.13. The summed E-state index contributed by atoms with van der Waals surface area (Å²) in [4.78, 5) is 4.68. The summed E-state index contributed by atoms with van der Waals surface area (Å²) < 4.78 is 16.8. The lowest BCUT2D eigenvalue weighted by Crippen LogP contribution is -2.43. The largest absolute Gasteiger partial charge is 0.493 e. The normalized spacial score (nSPS) is 15.8. The first-order valence-electron chi connectivity index (χ1n) is 9.53. The molecule has 0 bridgehead atoms. The average Bonchev–Trinajstić information content (AvgIpc) is 3.13. The third-order valence-electron chi connectivity index (χ3n) is 4.39. The fraction of sp³-hybridized carbons (Fsp3) is 0.650. The van der Waals surface area contributed by atoms with Crippen LogP contribution in [0, 0.1) is 0 Å². The van der Waals surface area contributed by atoms with Crippen LogP contribution in [0.15, 0.2) is 23.2 Å². The van der Waals surface area contributed by atoms with Gasteiger partial charge in [-0.2, -0.15) is 0 Å². The molecule has 1 aromatic rings. The molecule has 2 rings (SSSR count). The number of benzene rings is 1. The summed E-state index contributed by atoms with van der Waals surface area (Å²) in [5, 5.41) is 6.61. The van der Waals surface area contributed by atoms with Gasteiger partial charge in [0.2, 0.25) is 0 Å². The second-order valence-corrected chi connectivity index (χ2v) is 6.71. The minimum absolute atomic E-state index is 0. The van der Waals surface area contributed by atoms with Crippen LogP contribution in [0.3, 0.4) is 0 Å². The molecule has 1 aliphatic rings. The summed E-state index contributed by atoms with van der Waals surface area (Å²) in [6, 6.07) is 6.23. The van der Waals surface area contributed by atoms with E-state index in [4.69, 9.17) is 14.2 Å². The van der Waals surface area contributed by atoms with Gasteiger partial charge in [0.1, 0.15) is 0 Å². The predicted octanol–water partition coefficient (Wildman–Crippen LogP) is 3.72. The molecule has 0 aromatic heterocycles. The molecule has 1 aromatic carbocycles. The Bertz CT molecular complexity index is 578. The number of methoxy groups -OCH3 is 2. The fourth-order valence-corrected chi connectivity index (χ4v) is 3.11. The summed E-state index contributed by atoms with van der Waals surface area (Å²) in [7, 11) is 3.38. The highest BCUT2D eigenvalue weighted by atomic mass is 127. The van der Waals surface area contributed by atoms with Crippen LogP contribution in [0.1, 0.15) is 45.1 Å². The van der Waals surface area contributed by atoms with Gasteiger partial charge in [0, 0.05) is 19.7 Å². The Morgan fingerprint density at radius 3 is 2.59 bits per heavy atom. The van der Waals surface area contributed by atoms with E-state index >= 15 is 0 Å². The van der Waals surface area contributed by atoms with Crippen molar-refractivity contribution in [3.63, 3.8) is 0 Å². The quantitative estimate of drug-likeness (QED) is 0.313. The summed E-state index contributed by atoms with van der Waals surface area (Å²) in [5.41, 5.74) is 1.09. The first-order chi connectivity index (χ1) is 12.7. The molecule has 154 valence electrons. The van der Waals surface area contributed by atoms with Crippen molar-refractivity contribution in [2.75, 3.05) is 27.4 Å². The van der Waals surface area contributed by atoms with Crippen LogP contribution < -0.4 is 20.1 Å². The van der Waals surface area contributed by atoms with Crippen LogP contribution in [-0.4, -0.2) is 45.5 Å². The number of nitrogens with one attached hydrogen (secondary N) is 2. The van der Waals surface area contributed by atoms with Gasteiger partial charge in [-0.3, -0.25) is 0 Å². The number of rotatable bonds is 9. The summed E-state index contributed by atoms with van der Waals surface area (Å²) in [5.74, 6) is 2.38. The lowest BCUT2D eigenvalue weighted by molar-refractivity contribution is 0.179. The maximum absolute atomic E-state index is 6.17. The van der Waals surface area contributed by atoms with Gasteiger partial charge in [0.25, 0.3) is 0 Å². The Kier molecular flexibility index (Phi) is 11.5. The summed E-state index contributed by atoms with van der Waals surface area (Å²) in [6.45, 7) is 6.13. The standard InChI is InChI=1S/C20H33N3O3.HI/c1-5-21-20(23-15(2)14-24-3)22-13-16-10-11-18(25-4)19(12-16)26-17-8-6-7-9-17;/h10-12,15,17H,5-9,13-14H2,1-4H3,(H2,21,22,23);1H. The molecule has 1 fully saturated rings. The number of ether oxygens (including phenoxy) is 3. The zero-order valence-electron chi connectivity index (χ0n) is 16.9. The first-order valence-corrected chi connectivity index (χ1v) is 9.53. The first kappa shape index (κ1) is 23.8. The van der Waals surface area contributed by atoms with Crippen molar-refractivity contribution in [1.29, 1.82) is 0 Å². The summed E-state index contributed by atoms with van der Waals surface area (Å²) in [6.07, 6.45) is 5.04. The van der Waals surface area contributed by atoms with Gasteiger partial charge in [-0.25, -0.2) is 4.99 Å². The predicted molar refractivity (Wildman–Crippen MR) is 121 cm³/mol. The van der Waals surface area contributed by atoms with Crippen molar-refractivity contribution < 1.29 is 14.2 Å². The van der Waals surface area contributed by atoms with E-state index in [1.807, 2.05) is 18.2 Å². The van der Waals surface area contributed by atoms with E-state index in [2.05, 4.69) is 29.5 Å². The van der Waals surface area contributed by atoms with Gasteiger partial charge in [-0.1, -0.05) is 6.07 Å². The molecule has 0 saturated heterocycles. The van der Waals surface area contributed by atoms with Crippen LogP contribution in [-0.2, 0) is 11.3 Å². The molecule has 6 nitrogen and oxygen atoms in total. The van der Waals surface area contributed by atoms with E-state index < -0.39 is 0 Å². The number of hydrogen-bond acceptors (Lipinski definition) is 4. The highest BCUT2D eigenvalue weighted by Crippen LogP contribution is 2.32. The second kappa shape index (κ2) is 13.0. The van der Waals surface area contributed by atoms with Gasteiger partial charge < -0.3 is 24.8 Å². The Hall–Kier alpha value is -1.22. The Labute approximate surface area is 180 Å². The van der Waals surface area contributed by atoms with Crippen LogP contribution in [0.2, 0.25) is 0 Å². The molecule has 0 heterocycles. The average molecular weight is 491 g/mol. The van der Waals surface area contributed by atoms with E-state index in [-0.39, 0.29) is 30.0 Å². The highest BCUT2D eigenvalue weighted by Gasteiger charge is 2.18.